The first-order valence-electron chi connectivity index (χ1n) is 12.5. The van der Waals surface area contributed by atoms with Gasteiger partial charge >= 0.3 is 0 Å². The molecule has 3 aromatic rings. The molecule has 0 aliphatic rings. The molecule has 34 heavy (non-hydrogen) atoms. The molecule has 0 saturated heterocycles. The van der Waals surface area contributed by atoms with Crippen LogP contribution in [0, 0.1) is 13.8 Å². The van der Waals surface area contributed by atoms with Gasteiger partial charge in [-0.3, -0.25) is 0 Å². The second-order valence-corrected chi connectivity index (χ2v) is 25.4. The summed E-state index contributed by atoms with van der Waals surface area (Å²) in [5.74, 6) is 2.47. The zero-order valence-corrected chi connectivity index (χ0v) is 26.1. The van der Waals surface area contributed by atoms with Crippen LogP contribution in [0.4, 0.5) is 0 Å². The van der Waals surface area contributed by atoms with E-state index in [2.05, 4.69) is 114 Å². The van der Waals surface area contributed by atoms with E-state index >= 15 is 0 Å². The fraction of sp³-hybridized carbons (Fsp3) is 0.400. The first-order chi connectivity index (χ1) is 15.9. The molecular weight excluding hydrogens is 481 g/mol. The molecule has 182 valence electrons. The van der Waals surface area contributed by atoms with Crippen LogP contribution < -0.4 is 0 Å². The Kier molecular flexibility index (Phi) is 9.41. The molecule has 0 nitrogen and oxygen atoms in total. The highest BCUT2D eigenvalue weighted by Crippen LogP contribution is 2.34. The summed E-state index contributed by atoms with van der Waals surface area (Å²) in [6.45, 7) is 19.2. The van der Waals surface area contributed by atoms with E-state index in [1.807, 2.05) is 23.5 Å². The Labute approximate surface area is 219 Å². The standard InChI is InChI=1S/C30H42S2Si2/c1-23-21-30(26-11-15-28(16-12-26)32-18-20-34(6,7)8)24(2)22-29(23)25-9-13-27(14-10-25)31-17-19-33(3,4)5/h9-16,21-22H,17-20H2,1-8H3. The summed E-state index contributed by atoms with van der Waals surface area (Å²) in [4.78, 5) is 2.77. The molecule has 0 atom stereocenters. The lowest BCUT2D eigenvalue weighted by Gasteiger charge is -2.16. The van der Waals surface area contributed by atoms with E-state index in [0.29, 0.717) is 0 Å². The summed E-state index contributed by atoms with van der Waals surface area (Å²) in [5, 5.41) is 0. The highest BCUT2D eigenvalue weighted by atomic mass is 32.2. The minimum absolute atomic E-state index is 0.959. The second kappa shape index (κ2) is 11.7. The molecule has 0 bridgehead atoms. The molecule has 0 radical (unpaired) electrons. The van der Waals surface area contributed by atoms with E-state index < -0.39 is 16.1 Å². The molecular formula is C30H42S2Si2. The van der Waals surface area contributed by atoms with Crippen LogP contribution in [0.3, 0.4) is 0 Å². The van der Waals surface area contributed by atoms with E-state index in [1.165, 1.54) is 66.8 Å². The second-order valence-electron chi connectivity index (χ2n) is 11.8. The van der Waals surface area contributed by atoms with Crippen LogP contribution in [0.5, 0.6) is 0 Å². The average Bonchev–Trinajstić information content (AvgIpc) is 2.74. The number of hydrogen-bond donors (Lipinski definition) is 0. The van der Waals surface area contributed by atoms with Gasteiger partial charge in [-0.25, -0.2) is 0 Å². The fourth-order valence-corrected chi connectivity index (χ4v) is 10.7. The van der Waals surface area contributed by atoms with Crippen LogP contribution in [0.15, 0.2) is 70.5 Å². The summed E-state index contributed by atoms with van der Waals surface area (Å²) in [7, 11) is -1.92. The molecule has 0 amide bonds. The van der Waals surface area contributed by atoms with Gasteiger partial charge in [0.1, 0.15) is 0 Å². The summed E-state index contributed by atoms with van der Waals surface area (Å²) < 4.78 is 0. The van der Waals surface area contributed by atoms with Gasteiger partial charge in [0, 0.05) is 25.9 Å². The smallest absolute Gasteiger partial charge is 0.0450 e. The number of thioether (sulfide) groups is 2. The zero-order valence-electron chi connectivity index (χ0n) is 22.4. The first-order valence-corrected chi connectivity index (χ1v) is 21.9. The van der Waals surface area contributed by atoms with Crippen molar-refractivity contribution in [1.82, 2.24) is 0 Å². The van der Waals surface area contributed by atoms with Gasteiger partial charge in [0.15, 0.2) is 0 Å². The van der Waals surface area contributed by atoms with Gasteiger partial charge in [-0.1, -0.05) is 75.7 Å². The quantitative estimate of drug-likeness (QED) is 0.192. The lowest BCUT2D eigenvalue weighted by Crippen LogP contribution is -2.19. The normalized spacial score (nSPS) is 12.2. The van der Waals surface area contributed by atoms with Gasteiger partial charge in [0.05, 0.1) is 0 Å². The third-order valence-corrected chi connectivity index (χ3v) is 12.4. The Morgan fingerprint density at radius 3 is 1.15 bits per heavy atom. The minimum atomic E-state index is -0.959. The van der Waals surface area contributed by atoms with Gasteiger partial charge < -0.3 is 0 Å². The maximum absolute atomic E-state index is 2.45. The topological polar surface area (TPSA) is 0 Å². The van der Waals surface area contributed by atoms with Crippen molar-refractivity contribution in [3.05, 3.63) is 71.8 Å². The van der Waals surface area contributed by atoms with Crippen LogP contribution in [0.2, 0.25) is 51.4 Å². The first kappa shape index (κ1) is 27.4. The van der Waals surface area contributed by atoms with Crippen molar-refractivity contribution >= 4 is 39.7 Å². The highest BCUT2D eigenvalue weighted by molar-refractivity contribution is 7.99. The van der Waals surface area contributed by atoms with Crippen molar-refractivity contribution in [3.63, 3.8) is 0 Å². The van der Waals surface area contributed by atoms with Crippen LogP contribution in [0.1, 0.15) is 11.1 Å². The van der Waals surface area contributed by atoms with Gasteiger partial charge in [-0.2, -0.15) is 0 Å². The molecule has 0 saturated carbocycles. The lowest BCUT2D eigenvalue weighted by molar-refractivity contribution is 1.34. The number of aryl methyl sites for hydroxylation is 2. The Morgan fingerprint density at radius 2 is 0.853 bits per heavy atom. The summed E-state index contributed by atoms with van der Waals surface area (Å²) in [5.41, 5.74) is 8.00. The van der Waals surface area contributed by atoms with E-state index in [9.17, 15) is 0 Å². The van der Waals surface area contributed by atoms with E-state index in [1.54, 1.807) is 0 Å². The van der Waals surface area contributed by atoms with Gasteiger partial charge in [-0.05, 0) is 95.1 Å². The molecule has 0 aliphatic heterocycles. The molecule has 0 heterocycles. The van der Waals surface area contributed by atoms with Crippen molar-refractivity contribution in [1.29, 1.82) is 0 Å². The predicted octanol–water partition coefficient (Wildman–Crippen LogP) is 10.5. The Balaban J connectivity index is 1.70. The van der Waals surface area contributed by atoms with Crippen molar-refractivity contribution < 1.29 is 0 Å². The summed E-state index contributed by atoms with van der Waals surface area (Å²) in [6.07, 6.45) is 0. The van der Waals surface area contributed by atoms with Crippen molar-refractivity contribution in [2.24, 2.45) is 0 Å². The van der Waals surface area contributed by atoms with E-state index in [-0.39, 0.29) is 0 Å². The van der Waals surface area contributed by atoms with Gasteiger partial charge in [0.2, 0.25) is 0 Å². The minimum Gasteiger partial charge on any atom is -0.126 e. The highest BCUT2D eigenvalue weighted by Gasteiger charge is 2.14. The lowest BCUT2D eigenvalue weighted by atomic mass is 9.92. The average molecular weight is 523 g/mol. The van der Waals surface area contributed by atoms with Gasteiger partial charge in [0.25, 0.3) is 0 Å². The summed E-state index contributed by atoms with van der Waals surface area (Å²) >= 11 is 4.00. The molecule has 0 N–H and O–H groups in total. The van der Waals surface area contributed by atoms with E-state index in [0.717, 1.165) is 0 Å². The molecule has 0 fully saturated rings. The van der Waals surface area contributed by atoms with Crippen LogP contribution in [0.25, 0.3) is 22.3 Å². The zero-order chi connectivity index (χ0) is 24.9. The van der Waals surface area contributed by atoms with Crippen LogP contribution in [-0.4, -0.2) is 27.7 Å². The SMILES string of the molecule is Cc1cc(-c2ccc(SCC[Si](C)(C)C)cc2)c(C)cc1-c1ccc(SCC[Si](C)(C)C)cc1. The third kappa shape index (κ3) is 8.47. The monoisotopic (exact) mass is 522 g/mol. The van der Waals surface area contributed by atoms with Crippen molar-refractivity contribution in [2.45, 2.75) is 75.0 Å². The third-order valence-electron chi connectivity index (χ3n) is 6.14. The number of rotatable bonds is 10. The molecule has 4 heteroatoms. The molecule has 0 spiro atoms. The molecule has 0 aromatic heterocycles. The molecule has 0 unspecified atom stereocenters. The van der Waals surface area contributed by atoms with Crippen molar-refractivity contribution in [3.8, 4) is 22.3 Å². The maximum atomic E-state index is 2.45. The Hall–Kier alpha value is -1.21. The molecule has 3 rings (SSSR count). The maximum Gasteiger partial charge on any atom is 0.0450 e. The Bertz CT molecular complexity index is 984. The Morgan fingerprint density at radius 1 is 0.529 bits per heavy atom. The largest absolute Gasteiger partial charge is 0.126 e. The van der Waals surface area contributed by atoms with Crippen LogP contribution in [-0.2, 0) is 0 Å². The summed E-state index contributed by atoms with van der Waals surface area (Å²) in [6, 6.07) is 25.9. The van der Waals surface area contributed by atoms with Gasteiger partial charge in [-0.15, -0.1) is 23.5 Å². The molecule has 3 aromatic carbocycles. The van der Waals surface area contributed by atoms with Crippen LogP contribution >= 0.6 is 23.5 Å². The fourth-order valence-electron chi connectivity index (χ4n) is 3.85. The van der Waals surface area contributed by atoms with E-state index in [4.69, 9.17) is 0 Å². The number of benzene rings is 3. The number of hydrogen-bond acceptors (Lipinski definition) is 2. The van der Waals surface area contributed by atoms with Crippen molar-refractivity contribution in [2.75, 3.05) is 11.5 Å². The molecule has 0 aliphatic carbocycles. The predicted molar refractivity (Wildman–Crippen MR) is 165 cm³/mol.